The van der Waals surface area contributed by atoms with Crippen LogP contribution in [0.1, 0.15) is 40.0 Å². The van der Waals surface area contributed by atoms with E-state index in [-0.39, 0.29) is 0 Å². The molecule has 0 saturated carbocycles. The third-order valence-electron chi connectivity index (χ3n) is 2.21. The van der Waals surface area contributed by atoms with Crippen LogP contribution in [-0.2, 0) is 0 Å². The summed E-state index contributed by atoms with van der Waals surface area (Å²) in [4.78, 5) is 2.54. The van der Waals surface area contributed by atoms with Crippen LogP contribution < -0.4 is 0 Å². The third kappa shape index (κ3) is 8.04. The third-order valence-corrected chi connectivity index (χ3v) is 2.21. The molecular formula is C12H25N. The summed E-state index contributed by atoms with van der Waals surface area (Å²) in [6.45, 7) is 14.3. The summed E-state index contributed by atoms with van der Waals surface area (Å²) in [7, 11) is 0. The van der Waals surface area contributed by atoms with E-state index in [1.54, 1.807) is 0 Å². The number of rotatable bonds is 8. The molecule has 0 aliphatic heterocycles. The lowest BCUT2D eigenvalue weighted by Crippen LogP contribution is -2.27. The van der Waals surface area contributed by atoms with Gasteiger partial charge in [-0.05, 0) is 38.3 Å². The molecule has 0 aliphatic rings. The van der Waals surface area contributed by atoms with E-state index in [9.17, 15) is 0 Å². The minimum atomic E-state index is 0.822. The zero-order valence-electron chi connectivity index (χ0n) is 9.55. The molecule has 0 unspecified atom stereocenters. The van der Waals surface area contributed by atoms with Gasteiger partial charge in [0.05, 0.1) is 0 Å². The first-order valence-electron chi connectivity index (χ1n) is 5.54. The van der Waals surface area contributed by atoms with Crippen molar-refractivity contribution in [3.8, 4) is 0 Å². The van der Waals surface area contributed by atoms with Gasteiger partial charge < -0.3 is 4.90 Å². The van der Waals surface area contributed by atoms with E-state index in [0.29, 0.717) is 0 Å². The molecule has 1 heteroatoms. The summed E-state index contributed by atoms with van der Waals surface area (Å²) in [5.41, 5.74) is 0. The molecule has 0 spiro atoms. The summed E-state index contributed by atoms with van der Waals surface area (Å²) in [6.07, 6.45) is 5.71. The molecule has 0 N–H and O–H groups in total. The Balaban J connectivity index is 3.59. The summed E-state index contributed by atoms with van der Waals surface area (Å²) >= 11 is 0. The standard InChI is InChI=1S/C12H25N/c1-5-7-10-13(9-6-2)11-8-12(3)4/h5,12H,1,6-11H2,2-4H3. The quantitative estimate of drug-likeness (QED) is 0.522. The van der Waals surface area contributed by atoms with Crippen LogP contribution in [0, 0.1) is 5.92 Å². The minimum absolute atomic E-state index is 0.822. The highest BCUT2D eigenvalue weighted by Crippen LogP contribution is 2.03. The largest absolute Gasteiger partial charge is 0.303 e. The SMILES string of the molecule is C=CCCN(CCC)CCC(C)C. The molecule has 0 aromatic rings. The highest BCUT2D eigenvalue weighted by Gasteiger charge is 2.03. The van der Waals surface area contributed by atoms with Crippen LogP contribution >= 0.6 is 0 Å². The van der Waals surface area contributed by atoms with E-state index >= 15 is 0 Å². The molecule has 0 saturated heterocycles. The van der Waals surface area contributed by atoms with Crippen molar-refractivity contribution >= 4 is 0 Å². The van der Waals surface area contributed by atoms with E-state index in [1.807, 2.05) is 6.08 Å². The fraction of sp³-hybridized carbons (Fsp3) is 0.833. The van der Waals surface area contributed by atoms with Gasteiger partial charge in [0.2, 0.25) is 0 Å². The normalized spacial score (nSPS) is 11.2. The van der Waals surface area contributed by atoms with Crippen molar-refractivity contribution in [2.75, 3.05) is 19.6 Å². The fourth-order valence-corrected chi connectivity index (χ4v) is 1.37. The van der Waals surface area contributed by atoms with Crippen LogP contribution in [0.3, 0.4) is 0 Å². The highest BCUT2D eigenvalue weighted by molar-refractivity contribution is 4.70. The lowest BCUT2D eigenvalue weighted by atomic mass is 10.1. The minimum Gasteiger partial charge on any atom is -0.303 e. The van der Waals surface area contributed by atoms with Crippen molar-refractivity contribution < 1.29 is 0 Å². The Labute approximate surface area is 83.8 Å². The first-order valence-corrected chi connectivity index (χ1v) is 5.54. The van der Waals surface area contributed by atoms with Crippen LogP contribution in [-0.4, -0.2) is 24.5 Å². The maximum absolute atomic E-state index is 3.76. The Morgan fingerprint density at radius 3 is 2.38 bits per heavy atom. The molecule has 0 amide bonds. The van der Waals surface area contributed by atoms with E-state index < -0.39 is 0 Å². The van der Waals surface area contributed by atoms with Crippen molar-refractivity contribution in [1.82, 2.24) is 4.90 Å². The van der Waals surface area contributed by atoms with E-state index in [2.05, 4.69) is 32.3 Å². The zero-order valence-corrected chi connectivity index (χ0v) is 9.55. The number of nitrogens with zero attached hydrogens (tertiary/aromatic N) is 1. The topological polar surface area (TPSA) is 3.24 Å². The number of hydrogen-bond acceptors (Lipinski definition) is 1. The van der Waals surface area contributed by atoms with Gasteiger partial charge in [0.15, 0.2) is 0 Å². The van der Waals surface area contributed by atoms with Gasteiger partial charge in [0, 0.05) is 6.54 Å². The van der Waals surface area contributed by atoms with Gasteiger partial charge in [-0.2, -0.15) is 0 Å². The average Bonchev–Trinajstić information content (AvgIpc) is 2.09. The lowest BCUT2D eigenvalue weighted by molar-refractivity contribution is 0.262. The van der Waals surface area contributed by atoms with Gasteiger partial charge in [0.1, 0.15) is 0 Å². The Bertz CT molecular complexity index is 118. The molecule has 0 aromatic heterocycles. The molecule has 0 bridgehead atoms. The monoisotopic (exact) mass is 183 g/mol. The van der Waals surface area contributed by atoms with Gasteiger partial charge in [-0.1, -0.05) is 26.8 Å². The maximum atomic E-state index is 3.76. The van der Waals surface area contributed by atoms with Gasteiger partial charge in [-0.15, -0.1) is 6.58 Å². The Kier molecular flexibility index (Phi) is 8.11. The fourth-order valence-electron chi connectivity index (χ4n) is 1.37. The second kappa shape index (κ2) is 8.31. The molecule has 0 heterocycles. The molecule has 1 nitrogen and oxygen atoms in total. The van der Waals surface area contributed by atoms with E-state index in [0.717, 1.165) is 12.3 Å². The summed E-state index contributed by atoms with van der Waals surface area (Å²) in [5.74, 6) is 0.822. The van der Waals surface area contributed by atoms with Gasteiger partial charge in [0.25, 0.3) is 0 Å². The predicted molar refractivity (Wildman–Crippen MR) is 61.0 cm³/mol. The molecule has 0 fully saturated rings. The molecule has 0 radical (unpaired) electrons. The van der Waals surface area contributed by atoms with Crippen LogP contribution in [0.2, 0.25) is 0 Å². The lowest BCUT2D eigenvalue weighted by Gasteiger charge is -2.21. The summed E-state index contributed by atoms with van der Waals surface area (Å²) < 4.78 is 0. The molecule has 78 valence electrons. The summed E-state index contributed by atoms with van der Waals surface area (Å²) in [5, 5.41) is 0. The van der Waals surface area contributed by atoms with Crippen LogP contribution in [0.15, 0.2) is 12.7 Å². The first kappa shape index (κ1) is 12.7. The second-order valence-corrected chi connectivity index (χ2v) is 4.10. The zero-order chi connectivity index (χ0) is 10.1. The van der Waals surface area contributed by atoms with Crippen LogP contribution in [0.25, 0.3) is 0 Å². The first-order chi connectivity index (χ1) is 6.20. The number of hydrogen-bond donors (Lipinski definition) is 0. The Morgan fingerprint density at radius 1 is 1.23 bits per heavy atom. The van der Waals surface area contributed by atoms with Gasteiger partial charge in [-0.3, -0.25) is 0 Å². The molecule has 13 heavy (non-hydrogen) atoms. The molecule has 0 rings (SSSR count). The van der Waals surface area contributed by atoms with Crippen molar-refractivity contribution in [3.63, 3.8) is 0 Å². The predicted octanol–water partition coefficient (Wildman–Crippen LogP) is 3.32. The summed E-state index contributed by atoms with van der Waals surface area (Å²) in [6, 6.07) is 0. The molecule has 0 aliphatic carbocycles. The van der Waals surface area contributed by atoms with Crippen molar-refractivity contribution in [3.05, 3.63) is 12.7 Å². The van der Waals surface area contributed by atoms with Crippen LogP contribution in [0.5, 0.6) is 0 Å². The van der Waals surface area contributed by atoms with E-state index in [4.69, 9.17) is 0 Å². The Hall–Kier alpha value is -0.300. The second-order valence-electron chi connectivity index (χ2n) is 4.10. The Morgan fingerprint density at radius 2 is 1.92 bits per heavy atom. The highest BCUT2D eigenvalue weighted by atomic mass is 15.1. The van der Waals surface area contributed by atoms with E-state index in [1.165, 1.54) is 32.5 Å². The molecule has 0 atom stereocenters. The van der Waals surface area contributed by atoms with Crippen molar-refractivity contribution in [1.29, 1.82) is 0 Å². The van der Waals surface area contributed by atoms with Crippen molar-refractivity contribution in [2.24, 2.45) is 5.92 Å². The van der Waals surface area contributed by atoms with Crippen molar-refractivity contribution in [2.45, 2.75) is 40.0 Å². The van der Waals surface area contributed by atoms with Crippen LogP contribution in [0.4, 0.5) is 0 Å². The smallest absolute Gasteiger partial charge is 0.00158 e. The molecular weight excluding hydrogens is 158 g/mol. The van der Waals surface area contributed by atoms with Gasteiger partial charge >= 0.3 is 0 Å². The average molecular weight is 183 g/mol. The van der Waals surface area contributed by atoms with Gasteiger partial charge in [-0.25, -0.2) is 0 Å². The molecule has 0 aromatic carbocycles. The maximum Gasteiger partial charge on any atom is 0.00158 e.